The van der Waals surface area contributed by atoms with Crippen molar-refractivity contribution in [1.82, 2.24) is 4.98 Å². The molecule has 0 aliphatic carbocycles. The van der Waals surface area contributed by atoms with E-state index < -0.39 is 42.5 Å². The molecule has 0 bridgehead atoms. The topological polar surface area (TPSA) is 62.7 Å². The van der Waals surface area contributed by atoms with Gasteiger partial charge >= 0.3 is 6.18 Å². The number of alkyl halides is 5. The van der Waals surface area contributed by atoms with Gasteiger partial charge in [0, 0.05) is 12.1 Å². The molecule has 3 nitrogen and oxygen atoms in total. The van der Waals surface area contributed by atoms with Crippen LogP contribution >= 0.6 is 0 Å². The number of halogens is 5. The molecule has 1 heterocycles. The molecular weight excluding hydrogens is 257 g/mol. The molecule has 1 aromatic heterocycles. The molecule has 98 valence electrons. The fourth-order valence-corrected chi connectivity index (χ4v) is 1.46. The Hall–Kier alpha value is -1.75. The van der Waals surface area contributed by atoms with Crippen molar-refractivity contribution in [2.24, 2.45) is 5.73 Å². The third-order valence-electron chi connectivity index (χ3n) is 2.20. The van der Waals surface area contributed by atoms with Gasteiger partial charge in [0.2, 0.25) is 0 Å². The van der Waals surface area contributed by atoms with Crippen LogP contribution < -0.4 is 5.73 Å². The zero-order valence-corrected chi connectivity index (χ0v) is 8.93. The normalized spacial score (nSPS) is 11.7. The second kappa shape index (κ2) is 5.27. The quantitative estimate of drug-likeness (QED) is 0.854. The minimum absolute atomic E-state index is 0.169. The Morgan fingerprint density at radius 2 is 2.00 bits per heavy atom. The summed E-state index contributed by atoms with van der Waals surface area (Å²) in [6.45, 7) is -0.525. The summed E-state index contributed by atoms with van der Waals surface area (Å²) in [5, 5.41) is 8.48. The Bertz CT molecular complexity index is 476. The molecule has 0 saturated carbocycles. The van der Waals surface area contributed by atoms with Gasteiger partial charge < -0.3 is 5.73 Å². The van der Waals surface area contributed by atoms with Crippen LogP contribution in [-0.4, -0.2) is 4.98 Å². The Morgan fingerprint density at radius 3 is 2.39 bits per heavy atom. The number of nitrogens with zero attached hydrogens (tertiary/aromatic N) is 2. The second-order valence-corrected chi connectivity index (χ2v) is 3.37. The Morgan fingerprint density at radius 1 is 1.39 bits per heavy atom. The lowest BCUT2D eigenvalue weighted by Gasteiger charge is -2.15. The third-order valence-corrected chi connectivity index (χ3v) is 2.20. The van der Waals surface area contributed by atoms with E-state index in [0.717, 1.165) is 6.07 Å². The molecule has 2 N–H and O–H groups in total. The van der Waals surface area contributed by atoms with Crippen LogP contribution in [0.15, 0.2) is 6.07 Å². The molecule has 18 heavy (non-hydrogen) atoms. The van der Waals surface area contributed by atoms with Crippen LogP contribution in [0.25, 0.3) is 0 Å². The Balaban J connectivity index is 3.52. The lowest BCUT2D eigenvalue weighted by molar-refractivity contribution is -0.142. The monoisotopic (exact) mass is 265 g/mol. The Kier molecular flexibility index (Phi) is 4.19. The predicted octanol–water partition coefficient (Wildman–Crippen LogP) is 2.56. The zero-order chi connectivity index (χ0) is 13.9. The van der Waals surface area contributed by atoms with Crippen LogP contribution in [0.5, 0.6) is 0 Å². The average molecular weight is 265 g/mol. The summed E-state index contributed by atoms with van der Waals surface area (Å²) in [5.41, 5.74) is 2.12. The SMILES string of the molecule is N#CCc1cc(C(F)F)nc(C(F)(F)F)c1CN. The van der Waals surface area contributed by atoms with Crippen LogP contribution in [0.3, 0.4) is 0 Å². The highest BCUT2D eigenvalue weighted by atomic mass is 19.4. The zero-order valence-electron chi connectivity index (χ0n) is 8.93. The number of rotatable bonds is 3. The molecule has 0 aliphatic rings. The van der Waals surface area contributed by atoms with Gasteiger partial charge in [0.05, 0.1) is 12.5 Å². The van der Waals surface area contributed by atoms with Crippen molar-refractivity contribution < 1.29 is 22.0 Å². The van der Waals surface area contributed by atoms with Gasteiger partial charge in [-0.05, 0) is 11.6 Å². The van der Waals surface area contributed by atoms with E-state index in [9.17, 15) is 22.0 Å². The summed E-state index contributed by atoms with van der Waals surface area (Å²) >= 11 is 0. The van der Waals surface area contributed by atoms with E-state index in [-0.39, 0.29) is 5.56 Å². The largest absolute Gasteiger partial charge is 0.433 e. The van der Waals surface area contributed by atoms with Crippen molar-refractivity contribution in [2.75, 3.05) is 0 Å². The number of nitriles is 1. The van der Waals surface area contributed by atoms with Crippen molar-refractivity contribution >= 4 is 0 Å². The fourth-order valence-electron chi connectivity index (χ4n) is 1.46. The number of pyridine rings is 1. The molecule has 0 radical (unpaired) electrons. The van der Waals surface area contributed by atoms with Gasteiger partial charge in [-0.2, -0.15) is 18.4 Å². The van der Waals surface area contributed by atoms with Crippen LogP contribution in [-0.2, 0) is 19.1 Å². The molecule has 0 amide bonds. The predicted molar refractivity (Wildman–Crippen MR) is 51.4 cm³/mol. The fraction of sp³-hybridized carbons (Fsp3) is 0.400. The van der Waals surface area contributed by atoms with Crippen LogP contribution in [0.4, 0.5) is 22.0 Å². The van der Waals surface area contributed by atoms with Crippen LogP contribution in [0, 0.1) is 11.3 Å². The first-order chi connectivity index (χ1) is 8.31. The maximum Gasteiger partial charge on any atom is 0.433 e. The van der Waals surface area contributed by atoms with Gasteiger partial charge in [-0.3, -0.25) is 0 Å². The molecule has 0 unspecified atom stereocenters. The summed E-state index contributed by atoms with van der Waals surface area (Å²) in [6, 6.07) is 2.39. The van der Waals surface area contributed by atoms with E-state index in [4.69, 9.17) is 11.0 Å². The smallest absolute Gasteiger partial charge is 0.326 e. The number of aromatic nitrogens is 1. The van der Waals surface area contributed by atoms with E-state index >= 15 is 0 Å². The van der Waals surface area contributed by atoms with Gasteiger partial charge in [-0.15, -0.1) is 0 Å². The van der Waals surface area contributed by atoms with Gasteiger partial charge in [0.1, 0.15) is 11.4 Å². The van der Waals surface area contributed by atoms with Crippen LogP contribution in [0.1, 0.15) is 28.9 Å². The van der Waals surface area contributed by atoms with Gasteiger partial charge in [0.25, 0.3) is 6.43 Å². The molecule has 0 aromatic carbocycles. The van der Waals surface area contributed by atoms with Gasteiger partial charge in [-0.1, -0.05) is 0 Å². The van der Waals surface area contributed by atoms with E-state index in [1.54, 1.807) is 6.07 Å². The molecule has 0 aliphatic heterocycles. The lowest BCUT2D eigenvalue weighted by Crippen LogP contribution is -2.18. The van der Waals surface area contributed by atoms with Crippen molar-refractivity contribution in [3.63, 3.8) is 0 Å². The second-order valence-electron chi connectivity index (χ2n) is 3.37. The number of hydrogen-bond acceptors (Lipinski definition) is 3. The highest BCUT2D eigenvalue weighted by molar-refractivity contribution is 5.36. The highest BCUT2D eigenvalue weighted by Crippen LogP contribution is 2.34. The molecule has 0 atom stereocenters. The average Bonchev–Trinajstić information content (AvgIpc) is 2.27. The number of nitrogens with two attached hydrogens (primary N) is 1. The summed E-state index contributed by atoms with van der Waals surface area (Å²) in [4.78, 5) is 2.89. The first-order valence-corrected chi connectivity index (χ1v) is 4.76. The molecule has 0 spiro atoms. The standard InChI is InChI=1S/C10H8F5N3/c11-9(12)7-3-5(1-2-16)6(4-17)8(18-7)10(13,14)15/h3,9H,1,4,17H2. The third kappa shape index (κ3) is 2.92. The van der Waals surface area contributed by atoms with E-state index in [2.05, 4.69) is 4.98 Å². The first kappa shape index (κ1) is 14.3. The van der Waals surface area contributed by atoms with Gasteiger partial charge in [-0.25, -0.2) is 13.8 Å². The summed E-state index contributed by atoms with van der Waals surface area (Å²) in [7, 11) is 0. The van der Waals surface area contributed by atoms with Crippen molar-refractivity contribution in [3.8, 4) is 6.07 Å². The molecule has 1 aromatic rings. The lowest BCUT2D eigenvalue weighted by atomic mass is 10.0. The maximum atomic E-state index is 12.7. The minimum Gasteiger partial charge on any atom is -0.326 e. The summed E-state index contributed by atoms with van der Waals surface area (Å²) < 4.78 is 62.9. The van der Waals surface area contributed by atoms with Crippen molar-refractivity contribution in [2.45, 2.75) is 25.6 Å². The Labute approximate surface area is 99.0 Å². The molecule has 8 heteroatoms. The molecule has 0 saturated heterocycles. The van der Waals surface area contributed by atoms with E-state index in [1.165, 1.54) is 0 Å². The molecule has 1 rings (SSSR count). The molecular formula is C10H8F5N3. The number of hydrogen-bond donors (Lipinski definition) is 1. The maximum absolute atomic E-state index is 12.7. The van der Waals surface area contributed by atoms with Gasteiger partial charge in [0.15, 0.2) is 0 Å². The van der Waals surface area contributed by atoms with E-state index in [1.807, 2.05) is 0 Å². The summed E-state index contributed by atoms with van der Waals surface area (Å²) in [5.74, 6) is 0. The minimum atomic E-state index is -4.89. The highest BCUT2D eigenvalue weighted by Gasteiger charge is 2.37. The van der Waals surface area contributed by atoms with Crippen molar-refractivity contribution in [1.29, 1.82) is 5.26 Å². The molecule has 0 fully saturated rings. The van der Waals surface area contributed by atoms with E-state index in [0.29, 0.717) is 0 Å². The summed E-state index contributed by atoms with van der Waals surface area (Å²) in [6.07, 6.45) is -8.46. The van der Waals surface area contributed by atoms with Crippen LogP contribution in [0.2, 0.25) is 0 Å². The van der Waals surface area contributed by atoms with Crippen molar-refractivity contribution in [3.05, 3.63) is 28.6 Å². The first-order valence-electron chi connectivity index (χ1n) is 4.76.